The maximum atomic E-state index is 12.5. The van der Waals surface area contributed by atoms with Gasteiger partial charge in [0.25, 0.3) is 0 Å². The minimum absolute atomic E-state index is 0.284. The van der Waals surface area contributed by atoms with E-state index in [2.05, 4.69) is 12.0 Å². The van der Waals surface area contributed by atoms with Crippen molar-refractivity contribution in [1.82, 2.24) is 4.90 Å². The van der Waals surface area contributed by atoms with Gasteiger partial charge in [-0.05, 0) is 38.3 Å². The summed E-state index contributed by atoms with van der Waals surface area (Å²) < 4.78 is 5.44. The zero-order chi connectivity index (χ0) is 19.7. The lowest BCUT2D eigenvalue weighted by Gasteiger charge is -2.24. The Morgan fingerprint density at radius 1 is 1.07 bits per heavy atom. The van der Waals surface area contributed by atoms with Crippen LogP contribution in [0.15, 0.2) is 60.7 Å². The Morgan fingerprint density at radius 2 is 1.67 bits per heavy atom. The van der Waals surface area contributed by atoms with Crippen LogP contribution >= 0.6 is 0 Å². The average Bonchev–Trinajstić information content (AvgIpc) is 2.64. The topological polar surface area (TPSA) is 49.8 Å². The molecule has 2 aromatic rings. The summed E-state index contributed by atoms with van der Waals surface area (Å²) >= 11 is 0. The van der Waals surface area contributed by atoms with E-state index in [0.29, 0.717) is 12.8 Å². The molecule has 0 saturated heterocycles. The molecule has 142 valence electrons. The molecule has 0 bridgehead atoms. The van der Waals surface area contributed by atoms with Gasteiger partial charge in [0, 0.05) is 19.0 Å². The smallest absolute Gasteiger partial charge is 0.422 e. The van der Waals surface area contributed by atoms with Crippen molar-refractivity contribution >= 4 is 6.09 Å². The van der Waals surface area contributed by atoms with Gasteiger partial charge in [0.15, 0.2) is 0 Å². The minimum Gasteiger partial charge on any atom is -0.443 e. The van der Waals surface area contributed by atoms with Gasteiger partial charge in [-0.15, -0.1) is 0 Å². The van der Waals surface area contributed by atoms with E-state index in [9.17, 15) is 9.90 Å². The monoisotopic (exact) mass is 365 g/mol. The second-order valence-electron chi connectivity index (χ2n) is 7.30. The van der Waals surface area contributed by atoms with Crippen molar-refractivity contribution in [3.8, 4) is 12.0 Å². The predicted molar refractivity (Wildman–Crippen MR) is 107 cm³/mol. The van der Waals surface area contributed by atoms with E-state index < -0.39 is 17.8 Å². The maximum Gasteiger partial charge on any atom is 0.422 e. The van der Waals surface area contributed by atoms with Crippen molar-refractivity contribution in [2.24, 2.45) is 0 Å². The Labute approximate surface area is 161 Å². The Morgan fingerprint density at radius 3 is 2.26 bits per heavy atom. The van der Waals surface area contributed by atoms with E-state index in [4.69, 9.17) is 4.74 Å². The van der Waals surface area contributed by atoms with Gasteiger partial charge in [-0.2, -0.15) is 0 Å². The summed E-state index contributed by atoms with van der Waals surface area (Å²) in [6, 6.07) is 22.1. The number of carbonyl (C=O) groups is 1. The van der Waals surface area contributed by atoms with Gasteiger partial charge in [0.05, 0.1) is 6.10 Å². The van der Waals surface area contributed by atoms with E-state index in [1.54, 1.807) is 0 Å². The van der Waals surface area contributed by atoms with Crippen molar-refractivity contribution in [1.29, 1.82) is 0 Å². The first-order valence-corrected chi connectivity index (χ1v) is 9.11. The number of aliphatic hydroxyl groups is 1. The number of amides is 1. The minimum atomic E-state index is -0.660. The lowest BCUT2D eigenvalue weighted by molar-refractivity contribution is 0.0330. The van der Waals surface area contributed by atoms with Crippen LogP contribution in [0.2, 0.25) is 0 Å². The molecule has 1 atom stereocenters. The molecule has 0 aromatic heterocycles. The van der Waals surface area contributed by atoms with Crippen molar-refractivity contribution in [2.45, 2.75) is 45.3 Å². The first-order valence-electron chi connectivity index (χ1n) is 9.11. The summed E-state index contributed by atoms with van der Waals surface area (Å²) in [4.78, 5) is 13.8. The molecule has 0 heterocycles. The molecular weight excluding hydrogens is 338 g/mol. The Kier molecular flexibility index (Phi) is 7.45. The zero-order valence-electron chi connectivity index (χ0n) is 16.2. The standard InChI is InChI=1S/C23H27NO3/c1-23(2,3)27-22(26)24(17-10-13-19-11-6-4-7-12-19)18-16-21(25)20-14-8-5-9-15-20/h4-9,11-12,14-15,21,25H,13,16,18H2,1-3H3. The van der Waals surface area contributed by atoms with Gasteiger partial charge in [-0.3, -0.25) is 0 Å². The molecule has 0 aliphatic heterocycles. The van der Waals surface area contributed by atoms with Crippen LogP contribution in [0.1, 0.15) is 44.4 Å². The normalized spacial score (nSPS) is 11.9. The fraction of sp³-hybridized carbons (Fsp3) is 0.348. The number of aliphatic hydroxyl groups excluding tert-OH is 1. The van der Waals surface area contributed by atoms with Gasteiger partial charge in [0.2, 0.25) is 0 Å². The first kappa shape index (κ1) is 20.5. The molecule has 0 radical (unpaired) electrons. The highest BCUT2D eigenvalue weighted by Gasteiger charge is 2.22. The number of hydrogen-bond acceptors (Lipinski definition) is 3. The number of benzene rings is 2. The molecule has 2 aromatic carbocycles. The van der Waals surface area contributed by atoms with E-state index >= 15 is 0 Å². The highest BCUT2D eigenvalue weighted by molar-refractivity contribution is 5.70. The molecule has 0 aliphatic rings. The van der Waals surface area contributed by atoms with Crippen LogP contribution in [0.5, 0.6) is 0 Å². The molecule has 0 spiro atoms. The van der Waals surface area contributed by atoms with Crippen molar-refractivity contribution in [3.63, 3.8) is 0 Å². The third-order valence-corrected chi connectivity index (χ3v) is 3.77. The number of rotatable bonds is 5. The van der Waals surface area contributed by atoms with Crippen LogP contribution < -0.4 is 0 Å². The van der Waals surface area contributed by atoms with Gasteiger partial charge in [-0.1, -0.05) is 66.6 Å². The summed E-state index contributed by atoms with van der Waals surface area (Å²) in [5.74, 6) is 3.03. The lowest BCUT2D eigenvalue weighted by Crippen LogP contribution is -2.35. The molecule has 4 nitrogen and oxygen atoms in total. The quantitative estimate of drug-likeness (QED) is 0.625. The molecule has 4 heteroatoms. The van der Waals surface area contributed by atoms with Crippen molar-refractivity contribution in [2.75, 3.05) is 6.54 Å². The molecular formula is C23H27NO3. The Balaban J connectivity index is 2.04. The SMILES string of the molecule is CC(C)(C)OC(=O)N(C#CCc1ccccc1)CCC(O)c1ccccc1. The number of nitrogens with zero attached hydrogens (tertiary/aromatic N) is 1. The summed E-state index contributed by atoms with van der Waals surface area (Å²) in [6.07, 6.45) is -0.236. The van der Waals surface area contributed by atoms with Crippen LogP contribution in [0.3, 0.4) is 0 Å². The van der Waals surface area contributed by atoms with Crippen molar-refractivity contribution in [3.05, 3.63) is 71.8 Å². The highest BCUT2D eigenvalue weighted by Crippen LogP contribution is 2.17. The Bertz CT molecular complexity index is 770. The molecule has 0 fully saturated rings. The first-order chi connectivity index (χ1) is 12.8. The van der Waals surface area contributed by atoms with Crippen LogP contribution in [-0.4, -0.2) is 28.2 Å². The lowest BCUT2D eigenvalue weighted by atomic mass is 10.1. The maximum absolute atomic E-state index is 12.5. The third-order valence-electron chi connectivity index (χ3n) is 3.77. The molecule has 1 N–H and O–H groups in total. The summed E-state index contributed by atoms with van der Waals surface area (Å²) in [6.45, 7) is 5.74. The molecule has 1 unspecified atom stereocenters. The highest BCUT2D eigenvalue weighted by atomic mass is 16.6. The second kappa shape index (κ2) is 9.80. The van der Waals surface area contributed by atoms with E-state index in [1.807, 2.05) is 81.4 Å². The predicted octanol–water partition coefficient (Wildman–Crippen LogP) is 4.55. The van der Waals surface area contributed by atoms with E-state index in [1.165, 1.54) is 4.90 Å². The largest absolute Gasteiger partial charge is 0.443 e. The summed E-state index contributed by atoms with van der Waals surface area (Å²) in [7, 11) is 0. The Hall–Kier alpha value is -2.77. The molecule has 2 rings (SSSR count). The van der Waals surface area contributed by atoms with Crippen LogP contribution in [0.25, 0.3) is 0 Å². The molecule has 0 aliphatic carbocycles. The van der Waals surface area contributed by atoms with Crippen LogP contribution in [0, 0.1) is 12.0 Å². The summed E-state index contributed by atoms with van der Waals surface area (Å²) in [5, 5.41) is 10.4. The fourth-order valence-corrected chi connectivity index (χ4v) is 2.44. The van der Waals surface area contributed by atoms with Gasteiger partial charge in [0.1, 0.15) is 5.60 Å². The number of ether oxygens (including phenoxy) is 1. The summed E-state index contributed by atoms with van der Waals surface area (Å²) in [5.41, 5.74) is 1.30. The fourth-order valence-electron chi connectivity index (χ4n) is 2.44. The number of carbonyl (C=O) groups excluding carboxylic acids is 1. The van der Waals surface area contributed by atoms with Crippen LogP contribution in [-0.2, 0) is 11.2 Å². The molecule has 1 amide bonds. The van der Waals surface area contributed by atoms with Gasteiger partial charge in [-0.25, -0.2) is 9.69 Å². The van der Waals surface area contributed by atoms with Crippen LogP contribution in [0.4, 0.5) is 4.79 Å². The molecule has 27 heavy (non-hydrogen) atoms. The van der Waals surface area contributed by atoms with Gasteiger partial charge < -0.3 is 9.84 Å². The number of hydrogen-bond donors (Lipinski definition) is 1. The van der Waals surface area contributed by atoms with E-state index in [-0.39, 0.29) is 6.54 Å². The van der Waals surface area contributed by atoms with Crippen molar-refractivity contribution < 1.29 is 14.6 Å². The second-order valence-corrected chi connectivity index (χ2v) is 7.30. The zero-order valence-corrected chi connectivity index (χ0v) is 16.2. The molecule has 0 saturated carbocycles. The van der Waals surface area contributed by atoms with E-state index in [0.717, 1.165) is 11.1 Å². The average molecular weight is 365 g/mol. The third kappa shape index (κ3) is 7.55. The van der Waals surface area contributed by atoms with Gasteiger partial charge >= 0.3 is 6.09 Å².